The van der Waals surface area contributed by atoms with Crippen LogP contribution in [-0.4, -0.2) is 36.1 Å². The van der Waals surface area contributed by atoms with Gasteiger partial charge in [0, 0.05) is 26.6 Å². The molecule has 3 nitrogen and oxygen atoms in total. The molecule has 0 N–H and O–H groups in total. The van der Waals surface area contributed by atoms with Crippen LogP contribution in [0.2, 0.25) is 0 Å². The van der Waals surface area contributed by atoms with Crippen molar-refractivity contribution in [3.8, 4) is 0 Å². The lowest BCUT2D eigenvalue weighted by molar-refractivity contribution is 0.143. The highest BCUT2D eigenvalue weighted by atomic mass is 32.1. The minimum Gasteiger partial charge on any atom is -0.379 e. The first-order chi connectivity index (χ1) is 4.35. The first kappa shape index (κ1) is 9.45. The van der Waals surface area contributed by atoms with Gasteiger partial charge < -0.3 is 13.3 Å². The Balaban J connectivity index is 3.09. The molecule has 5 heteroatoms. The molecule has 0 saturated heterocycles. The van der Waals surface area contributed by atoms with Gasteiger partial charge in [-0.25, -0.2) is 0 Å². The van der Waals surface area contributed by atoms with Crippen molar-refractivity contribution in [1.82, 2.24) is 0 Å². The Hall–Kier alpha value is 0.447. The molecule has 0 aromatic carbocycles. The molecule has 0 amide bonds. The number of thiol groups is 1. The fourth-order valence-corrected chi connectivity index (χ4v) is 1.46. The van der Waals surface area contributed by atoms with E-state index in [1.54, 1.807) is 14.2 Å². The van der Waals surface area contributed by atoms with Gasteiger partial charge in [0.25, 0.3) is 0 Å². The van der Waals surface area contributed by atoms with Crippen LogP contribution in [0.15, 0.2) is 0 Å². The molecule has 0 unspecified atom stereocenters. The van der Waals surface area contributed by atoms with Gasteiger partial charge >= 0.3 is 9.53 Å². The fourth-order valence-electron chi connectivity index (χ4n) is 0.381. The molecular formula is C4H12O3SSi. The van der Waals surface area contributed by atoms with E-state index in [9.17, 15) is 0 Å². The summed E-state index contributed by atoms with van der Waals surface area (Å²) in [6.07, 6.45) is 0. The summed E-state index contributed by atoms with van der Waals surface area (Å²) in [5.41, 5.74) is 0. The van der Waals surface area contributed by atoms with Crippen LogP contribution in [0.25, 0.3) is 0 Å². The normalized spacial score (nSPS) is 10.7. The zero-order chi connectivity index (χ0) is 7.11. The molecule has 56 valence electrons. The Bertz CT molecular complexity index is 59.8. The molecule has 0 rings (SSSR count). The monoisotopic (exact) mass is 168 g/mol. The summed E-state index contributed by atoms with van der Waals surface area (Å²) in [5.74, 6) is 0.705. The summed E-state index contributed by atoms with van der Waals surface area (Å²) in [6, 6.07) is 0. The first-order valence-corrected chi connectivity index (χ1v) is 4.68. The fraction of sp³-hybridized carbons (Fsp3) is 1.00. The van der Waals surface area contributed by atoms with Crippen LogP contribution in [-0.2, 0) is 13.3 Å². The Morgan fingerprint density at radius 3 is 2.22 bits per heavy atom. The SMILES string of the molecule is CO[SiH](OC)OCCS. The van der Waals surface area contributed by atoms with E-state index in [-0.39, 0.29) is 0 Å². The quantitative estimate of drug-likeness (QED) is 0.460. The third kappa shape index (κ3) is 4.92. The lowest BCUT2D eigenvalue weighted by Gasteiger charge is -2.09. The van der Waals surface area contributed by atoms with Crippen LogP contribution in [0.1, 0.15) is 0 Å². The van der Waals surface area contributed by atoms with E-state index in [4.69, 9.17) is 13.3 Å². The van der Waals surface area contributed by atoms with Gasteiger partial charge in [-0.2, -0.15) is 12.6 Å². The van der Waals surface area contributed by atoms with Crippen molar-refractivity contribution in [3.63, 3.8) is 0 Å². The minimum atomic E-state index is -1.76. The highest BCUT2D eigenvalue weighted by molar-refractivity contribution is 7.80. The second-order valence-corrected chi connectivity index (χ2v) is 3.66. The zero-order valence-corrected chi connectivity index (χ0v) is 7.71. The van der Waals surface area contributed by atoms with E-state index in [1.807, 2.05) is 0 Å². The van der Waals surface area contributed by atoms with E-state index in [2.05, 4.69) is 12.6 Å². The van der Waals surface area contributed by atoms with Gasteiger partial charge in [-0.1, -0.05) is 0 Å². The predicted octanol–water partition coefficient (Wildman–Crippen LogP) is -0.0572. The van der Waals surface area contributed by atoms with Gasteiger partial charge in [-0.15, -0.1) is 0 Å². The van der Waals surface area contributed by atoms with Gasteiger partial charge in [0.05, 0.1) is 0 Å². The van der Waals surface area contributed by atoms with Gasteiger partial charge in [0.15, 0.2) is 0 Å². The van der Waals surface area contributed by atoms with Crippen molar-refractivity contribution < 1.29 is 13.3 Å². The van der Waals surface area contributed by atoms with Crippen LogP contribution in [0, 0.1) is 0 Å². The predicted molar refractivity (Wildman–Crippen MR) is 41.0 cm³/mol. The molecule has 0 atom stereocenters. The Morgan fingerprint density at radius 2 is 1.89 bits per heavy atom. The van der Waals surface area contributed by atoms with Crippen molar-refractivity contribution in [2.24, 2.45) is 0 Å². The van der Waals surface area contributed by atoms with Crippen molar-refractivity contribution in [2.45, 2.75) is 0 Å². The summed E-state index contributed by atoms with van der Waals surface area (Å²) in [5, 5.41) is 0. The van der Waals surface area contributed by atoms with E-state index in [1.165, 1.54) is 0 Å². The molecular weight excluding hydrogens is 156 g/mol. The van der Waals surface area contributed by atoms with Gasteiger partial charge in [-0.05, 0) is 0 Å². The third-order valence-electron chi connectivity index (χ3n) is 0.730. The molecule has 0 aliphatic rings. The Morgan fingerprint density at radius 1 is 1.33 bits per heavy atom. The maximum atomic E-state index is 5.11. The van der Waals surface area contributed by atoms with Crippen molar-refractivity contribution in [1.29, 1.82) is 0 Å². The molecule has 0 aliphatic carbocycles. The molecule has 0 aliphatic heterocycles. The molecule has 9 heavy (non-hydrogen) atoms. The molecule has 0 aromatic heterocycles. The average Bonchev–Trinajstić information content (AvgIpc) is 1.91. The number of hydrogen-bond acceptors (Lipinski definition) is 4. The molecule has 0 fully saturated rings. The molecule has 0 heterocycles. The van der Waals surface area contributed by atoms with Crippen molar-refractivity contribution in [2.75, 3.05) is 26.6 Å². The maximum Gasteiger partial charge on any atom is 0.483 e. The highest BCUT2D eigenvalue weighted by Gasteiger charge is 2.08. The topological polar surface area (TPSA) is 27.7 Å². The van der Waals surface area contributed by atoms with E-state index < -0.39 is 9.53 Å². The van der Waals surface area contributed by atoms with E-state index in [0.717, 1.165) is 0 Å². The van der Waals surface area contributed by atoms with Crippen LogP contribution in [0.5, 0.6) is 0 Å². The first-order valence-electron chi connectivity index (χ1n) is 2.63. The van der Waals surface area contributed by atoms with Crippen LogP contribution in [0.4, 0.5) is 0 Å². The van der Waals surface area contributed by atoms with Crippen LogP contribution in [0.3, 0.4) is 0 Å². The van der Waals surface area contributed by atoms with Crippen LogP contribution < -0.4 is 0 Å². The molecule has 0 radical (unpaired) electrons. The maximum absolute atomic E-state index is 5.11. The Labute approximate surface area is 62.7 Å². The summed E-state index contributed by atoms with van der Waals surface area (Å²) in [4.78, 5) is 0. The summed E-state index contributed by atoms with van der Waals surface area (Å²) < 4.78 is 14.8. The third-order valence-corrected chi connectivity index (χ3v) is 2.19. The van der Waals surface area contributed by atoms with Crippen molar-refractivity contribution >= 4 is 22.2 Å². The standard InChI is InChI=1S/C4H12O3SSi/c1-5-9(6-2)7-3-4-8/h8-9H,3-4H2,1-2H3. The van der Waals surface area contributed by atoms with Gasteiger partial charge in [0.2, 0.25) is 0 Å². The van der Waals surface area contributed by atoms with Crippen molar-refractivity contribution in [3.05, 3.63) is 0 Å². The minimum absolute atomic E-state index is 0.599. The number of hydrogen-bond donors (Lipinski definition) is 1. The van der Waals surface area contributed by atoms with Crippen LogP contribution >= 0.6 is 12.6 Å². The van der Waals surface area contributed by atoms with E-state index >= 15 is 0 Å². The highest BCUT2D eigenvalue weighted by Crippen LogP contribution is 1.87. The second kappa shape index (κ2) is 6.57. The Kier molecular flexibility index (Phi) is 6.89. The van der Waals surface area contributed by atoms with Gasteiger partial charge in [0.1, 0.15) is 0 Å². The van der Waals surface area contributed by atoms with Gasteiger partial charge in [-0.3, -0.25) is 0 Å². The zero-order valence-electron chi connectivity index (χ0n) is 5.66. The lowest BCUT2D eigenvalue weighted by atomic mass is 10.9. The smallest absolute Gasteiger partial charge is 0.379 e. The average molecular weight is 168 g/mol. The lowest BCUT2D eigenvalue weighted by Crippen LogP contribution is -2.24. The molecule has 0 bridgehead atoms. The second-order valence-electron chi connectivity index (χ2n) is 1.35. The molecule has 0 spiro atoms. The summed E-state index contributed by atoms with van der Waals surface area (Å²) >= 11 is 3.96. The summed E-state index contributed by atoms with van der Waals surface area (Å²) in [6.45, 7) is 0.599. The molecule has 0 aromatic rings. The van der Waals surface area contributed by atoms with E-state index in [0.29, 0.717) is 12.4 Å². The largest absolute Gasteiger partial charge is 0.483 e. The molecule has 0 saturated carbocycles. The number of rotatable bonds is 5. The summed E-state index contributed by atoms with van der Waals surface area (Å²) in [7, 11) is 1.41.